The monoisotopic (exact) mass is 294 g/mol. The molecule has 0 aromatic heterocycles. The summed E-state index contributed by atoms with van der Waals surface area (Å²) < 4.78 is 0. The number of urea groups is 1. The molecule has 0 bridgehead atoms. The van der Waals surface area contributed by atoms with Crippen molar-refractivity contribution in [3.8, 4) is 0 Å². The number of hydrogen-bond donors (Lipinski definition) is 2. The zero-order chi connectivity index (χ0) is 15.3. The normalized spacial score (nSPS) is 21.4. The van der Waals surface area contributed by atoms with Crippen LogP contribution in [-0.2, 0) is 9.59 Å². The van der Waals surface area contributed by atoms with Gasteiger partial charge in [0.2, 0.25) is 0 Å². The molecular weight excluding hydrogens is 272 g/mol. The summed E-state index contributed by atoms with van der Waals surface area (Å²) >= 11 is 0. The number of carboxylic acids is 1. The number of rotatable bonds is 2. The van der Waals surface area contributed by atoms with Gasteiger partial charge in [0, 0.05) is 25.2 Å². The molecule has 3 amide bonds. The Balaban J connectivity index is 1.80. The number of hydrogen-bond acceptors (Lipinski definition) is 3. The van der Waals surface area contributed by atoms with E-state index in [1.165, 1.54) is 32.1 Å². The van der Waals surface area contributed by atoms with Crippen LogP contribution in [0.3, 0.4) is 0 Å². The van der Waals surface area contributed by atoms with Gasteiger partial charge >= 0.3 is 12.0 Å². The number of amides is 3. The number of piperidine rings is 1. The average molecular weight is 294 g/mol. The lowest BCUT2D eigenvalue weighted by molar-refractivity contribution is -0.131. The second kappa shape index (κ2) is 6.74. The highest BCUT2D eigenvalue weighted by Crippen LogP contribution is 2.44. The van der Waals surface area contributed by atoms with E-state index in [9.17, 15) is 14.4 Å². The van der Waals surface area contributed by atoms with Gasteiger partial charge in [0.25, 0.3) is 5.91 Å². The Bertz CT molecular complexity index is 443. The quantitative estimate of drug-likeness (QED) is 0.762. The lowest BCUT2D eigenvalue weighted by Gasteiger charge is -2.44. The van der Waals surface area contributed by atoms with Crippen LogP contribution in [0.4, 0.5) is 4.79 Å². The molecule has 2 fully saturated rings. The van der Waals surface area contributed by atoms with E-state index in [2.05, 4.69) is 5.32 Å². The summed E-state index contributed by atoms with van der Waals surface area (Å²) in [6, 6.07) is -0.430. The van der Waals surface area contributed by atoms with Crippen LogP contribution in [0.15, 0.2) is 12.2 Å². The van der Waals surface area contributed by atoms with Gasteiger partial charge in [-0.15, -0.1) is 0 Å². The van der Waals surface area contributed by atoms with Crippen molar-refractivity contribution in [2.24, 2.45) is 5.41 Å². The van der Waals surface area contributed by atoms with E-state index < -0.39 is 17.9 Å². The molecule has 21 heavy (non-hydrogen) atoms. The Morgan fingerprint density at radius 1 is 0.952 bits per heavy atom. The number of carbonyl (C=O) groups is 3. The molecule has 1 aliphatic heterocycles. The number of likely N-dealkylation sites (tertiary alicyclic amines) is 1. The zero-order valence-electron chi connectivity index (χ0n) is 12.1. The molecule has 2 rings (SSSR count). The highest BCUT2D eigenvalue weighted by atomic mass is 16.4. The fourth-order valence-corrected chi connectivity index (χ4v) is 3.36. The molecule has 1 saturated heterocycles. The average Bonchev–Trinajstić information content (AvgIpc) is 2.46. The number of nitrogens with one attached hydrogen (secondary N) is 1. The number of nitrogens with zero attached hydrogens (tertiary/aromatic N) is 1. The number of carbonyl (C=O) groups excluding carboxylic acids is 2. The van der Waals surface area contributed by atoms with Crippen LogP contribution in [0.25, 0.3) is 0 Å². The summed E-state index contributed by atoms with van der Waals surface area (Å²) in [5.41, 5.74) is 0.405. The summed E-state index contributed by atoms with van der Waals surface area (Å²) in [5.74, 6) is -1.91. The van der Waals surface area contributed by atoms with Gasteiger partial charge < -0.3 is 10.0 Å². The van der Waals surface area contributed by atoms with Gasteiger partial charge in [-0.1, -0.05) is 19.3 Å². The Morgan fingerprint density at radius 2 is 1.57 bits per heavy atom. The number of imide groups is 1. The van der Waals surface area contributed by atoms with E-state index in [1.807, 2.05) is 0 Å². The summed E-state index contributed by atoms with van der Waals surface area (Å²) in [6.07, 6.45) is 9.96. The van der Waals surface area contributed by atoms with E-state index in [0.717, 1.165) is 25.0 Å². The van der Waals surface area contributed by atoms with Crippen LogP contribution < -0.4 is 5.32 Å². The van der Waals surface area contributed by atoms with Crippen molar-refractivity contribution in [3.05, 3.63) is 12.2 Å². The topological polar surface area (TPSA) is 86.7 Å². The molecule has 1 saturated carbocycles. The van der Waals surface area contributed by atoms with E-state index >= 15 is 0 Å². The molecule has 116 valence electrons. The van der Waals surface area contributed by atoms with Gasteiger partial charge in [-0.3, -0.25) is 10.1 Å². The van der Waals surface area contributed by atoms with Gasteiger partial charge in [0.1, 0.15) is 0 Å². The van der Waals surface area contributed by atoms with Crippen molar-refractivity contribution in [1.82, 2.24) is 10.2 Å². The molecule has 2 aliphatic rings. The molecular formula is C15H22N2O4. The first kappa shape index (κ1) is 15.5. The number of aliphatic carboxylic acids is 1. The van der Waals surface area contributed by atoms with E-state index in [4.69, 9.17) is 5.11 Å². The third-order valence-electron chi connectivity index (χ3n) is 4.63. The van der Waals surface area contributed by atoms with Gasteiger partial charge in [-0.05, 0) is 31.1 Å². The second-order valence-corrected chi connectivity index (χ2v) is 6.01. The summed E-state index contributed by atoms with van der Waals surface area (Å²) in [6.45, 7) is 1.34. The van der Waals surface area contributed by atoms with Gasteiger partial charge in [0.05, 0.1) is 0 Å². The maximum atomic E-state index is 11.9. The standard InChI is InChI=1S/C15H22N2O4/c18-12(4-5-13(19)20)16-14(21)17-10-8-15(9-11-17)6-2-1-3-7-15/h4-5H,1-3,6-11H2,(H,19,20)(H,16,18,21). The molecule has 1 spiro atoms. The predicted octanol–water partition coefficient (Wildman–Crippen LogP) is 1.91. The first-order chi connectivity index (χ1) is 10.0. The molecule has 1 heterocycles. The smallest absolute Gasteiger partial charge is 0.328 e. The molecule has 6 nitrogen and oxygen atoms in total. The molecule has 6 heteroatoms. The highest BCUT2D eigenvalue weighted by molar-refractivity contribution is 6.02. The maximum absolute atomic E-state index is 11.9. The lowest BCUT2D eigenvalue weighted by atomic mass is 9.68. The van der Waals surface area contributed by atoms with Crippen molar-refractivity contribution in [1.29, 1.82) is 0 Å². The summed E-state index contributed by atoms with van der Waals surface area (Å²) in [4.78, 5) is 35.3. The summed E-state index contributed by atoms with van der Waals surface area (Å²) in [5, 5.41) is 10.6. The minimum absolute atomic E-state index is 0.405. The maximum Gasteiger partial charge on any atom is 0.328 e. The van der Waals surface area contributed by atoms with Crippen molar-refractivity contribution < 1.29 is 19.5 Å². The molecule has 0 atom stereocenters. The van der Waals surface area contributed by atoms with Crippen LogP contribution in [0.1, 0.15) is 44.9 Å². The van der Waals surface area contributed by atoms with Crippen molar-refractivity contribution in [2.75, 3.05) is 13.1 Å². The Morgan fingerprint density at radius 3 is 2.14 bits per heavy atom. The van der Waals surface area contributed by atoms with E-state index in [0.29, 0.717) is 18.5 Å². The Kier molecular flexibility index (Phi) is 4.98. The third kappa shape index (κ3) is 4.31. The van der Waals surface area contributed by atoms with Crippen LogP contribution >= 0.6 is 0 Å². The molecule has 0 aromatic carbocycles. The largest absolute Gasteiger partial charge is 0.478 e. The van der Waals surface area contributed by atoms with Crippen molar-refractivity contribution in [3.63, 3.8) is 0 Å². The fraction of sp³-hybridized carbons (Fsp3) is 0.667. The first-order valence-electron chi connectivity index (χ1n) is 7.52. The lowest BCUT2D eigenvalue weighted by Crippen LogP contribution is -2.49. The van der Waals surface area contributed by atoms with Gasteiger partial charge in [-0.2, -0.15) is 0 Å². The molecule has 0 unspecified atom stereocenters. The second-order valence-electron chi connectivity index (χ2n) is 6.01. The van der Waals surface area contributed by atoms with E-state index in [1.54, 1.807) is 4.90 Å². The highest BCUT2D eigenvalue weighted by Gasteiger charge is 2.36. The number of carboxylic acid groups (broad SMARTS) is 1. The molecule has 0 radical (unpaired) electrons. The molecule has 2 N–H and O–H groups in total. The van der Waals surface area contributed by atoms with Crippen LogP contribution in [0, 0.1) is 5.41 Å². The van der Waals surface area contributed by atoms with E-state index in [-0.39, 0.29) is 0 Å². The fourth-order valence-electron chi connectivity index (χ4n) is 3.36. The minimum Gasteiger partial charge on any atom is -0.478 e. The first-order valence-corrected chi connectivity index (χ1v) is 7.52. The molecule has 0 aromatic rings. The summed E-state index contributed by atoms with van der Waals surface area (Å²) in [7, 11) is 0. The van der Waals surface area contributed by atoms with Crippen LogP contribution in [-0.4, -0.2) is 41.0 Å². The Hall–Kier alpha value is -1.85. The van der Waals surface area contributed by atoms with Gasteiger partial charge in [-0.25, -0.2) is 9.59 Å². The molecule has 1 aliphatic carbocycles. The van der Waals surface area contributed by atoms with Crippen molar-refractivity contribution >= 4 is 17.9 Å². The third-order valence-corrected chi connectivity index (χ3v) is 4.63. The minimum atomic E-state index is -1.21. The van der Waals surface area contributed by atoms with Crippen LogP contribution in [0.2, 0.25) is 0 Å². The van der Waals surface area contributed by atoms with Gasteiger partial charge in [0.15, 0.2) is 0 Å². The van der Waals surface area contributed by atoms with Crippen molar-refractivity contribution in [2.45, 2.75) is 44.9 Å². The Labute approximate surface area is 124 Å². The SMILES string of the molecule is O=C(O)C=CC(=O)NC(=O)N1CCC2(CCCCC2)CC1. The zero-order valence-corrected chi connectivity index (χ0v) is 12.1. The van der Waals surface area contributed by atoms with Crippen LogP contribution in [0.5, 0.6) is 0 Å². The predicted molar refractivity (Wildman–Crippen MR) is 76.6 cm³/mol.